The van der Waals surface area contributed by atoms with Gasteiger partial charge in [0, 0.05) is 0 Å². The van der Waals surface area contributed by atoms with Crippen molar-refractivity contribution in [1.29, 1.82) is 0 Å². The van der Waals surface area contributed by atoms with E-state index >= 15 is 0 Å². The second-order valence-corrected chi connectivity index (χ2v) is 6.81. The molecular weight excluding hydrogens is 388 g/mol. The van der Waals surface area contributed by atoms with Crippen LogP contribution >= 0.6 is 11.6 Å². The minimum Gasteiger partial charge on any atom is -0.507 e. The summed E-state index contributed by atoms with van der Waals surface area (Å²) >= 11 is 6.25. The number of fused-ring (bicyclic) bond motifs is 1. The quantitative estimate of drug-likeness (QED) is 0.389. The van der Waals surface area contributed by atoms with Gasteiger partial charge in [-0.25, -0.2) is 10.1 Å². The van der Waals surface area contributed by atoms with Crippen LogP contribution in [-0.2, 0) is 0 Å². The van der Waals surface area contributed by atoms with Crippen LogP contribution in [0.5, 0.6) is 5.75 Å². The predicted molar refractivity (Wildman–Crippen MR) is 114 cm³/mol. The molecule has 144 valence electrons. The Hall–Kier alpha value is -3.64. The molecule has 0 aliphatic rings. The monoisotopic (exact) mass is 404 g/mol. The fourth-order valence-corrected chi connectivity index (χ4v) is 3.33. The first-order valence-electron chi connectivity index (χ1n) is 8.90. The molecule has 0 saturated carbocycles. The van der Waals surface area contributed by atoms with E-state index in [-0.39, 0.29) is 16.5 Å². The topological polar surface area (TPSA) is 79.5 Å². The lowest BCUT2D eigenvalue weighted by Gasteiger charge is -2.06. The largest absolute Gasteiger partial charge is 0.507 e. The van der Waals surface area contributed by atoms with Gasteiger partial charge in [0.25, 0.3) is 5.91 Å². The summed E-state index contributed by atoms with van der Waals surface area (Å²) in [6.07, 6.45) is 1.44. The van der Waals surface area contributed by atoms with Crippen molar-refractivity contribution in [2.45, 2.75) is 6.92 Å². The number of aromatic hydroxyl groups is 1. The Morgan fingerprint density at radius 3 is 2.48 bits per heavy atom. The number of benzene rings is 3. The van der Waals surface area contributed by atoms with Crippen molar-refractivity contribution < 1.29 is 9.90 Å². The number of nitrogens with zero attached hydrogens (tertiary/aromatic N) is 3. The molecular formula is C22H17ClN4O2. The van der Waals surface area contributed by atoms with E-state index in [0.29, 0.717) is 5.56 Å². The lowest BCUT2D eigenvalue weighted by molar-refractivity contribution is 0.0952. The third-order valence-electron chi connectivity index (χ3n) is 4.59. The van der Waals surface area contributed by atoms with Gasteiger partial charge < -0.3 is 5.11 Å². The van der Waals surface area contributed by atoms with Crippen molar-refractivity contribution >= 4 is 34.5 Å². The number of carbonyl (C=O) groups excluding carboxylic acids is 1. The summed E-state index contributed by atoms with van der Waals surface area (Å²) < 4.78 is 1.71. The Kier molecular flexibility index (Phi) is 5.01. The van der Waals surface area contributed by atoms with Crippen LogP contribution in [0.15, 0.2) is 71.8 Å². The Labute approximate surface area is 172 Å². The number of para-hydroxylation sites is 1. The molecule has 0 radical (unpaired) electrons. The zero-order chi connectivity index (χ0) is 20.4. The van der Waals surface area contributed by atoms with Crippen molar-refractivity contribution in [3.05, 3.63) is 88.7 Å². The Balaban J connectivity index is 1.56. The highest BCUT2D eigenvalue weighted by Gasteiger charge is 2.14. The number of aromatic nitrogens is 2. The molecule has 0 saturated heterocycles. The van der Waals surface area contributed by atoms with Crippen molar-refractivity contribution in [1.82, 2.24) is 15.2 Å². The summed E-state index contributed by atoms with van der Waals surface area (Å²) in [7, 11) is 0. The standard InChI is InChI=1S/C22H17ClN4O2/c1-14-19(21(23)26-27(14)17-9-3-2-4-10-17)13-24-25-22(29)18-11-15-7-5-6-8-16(15)12-20(18)28/h2-13,28H,1H3,(H,25,29)/b24-13-. The number of hydrogen-bond donors (Lipinski definition) is 2. The van der Waals surface area contributed by atoms with Crippen LogP contribution in [0.3, 0.4) is 0 Å². The van der Waals surface area contributed by atoms with E-state index in [4.69, 9.17) is 11.6 Å². The van der Waals surface area contributed by atoms with Gasteiger partial charge in [0.05, 0.1) is 28.7 Å². The SMILES string of the molecule is Cc1c(/C=N\NC(=O)c2cc3ccccc3cc2O)c(Cl)nn1-c1ccccc1. The molecule has 3 aromatic carbocycles. The molecule has 1 heterocycles. The van der Waals surface area contributed by atoms with Crippen LogP contribution in [0.1, 0.15) is 21.6 Å². The number of carbonyl (C=O) groups is 1. The van der Waals surface area contributed by atoms with Crippen LogP contribution in [0, 0.1) is 6.92 Å². The molecule has 1 amide bonds. The van der Waals surface area contributed by atoms with Gasteiger partial charge in [-0.2, -0.15) is 10.2 Å². The van der Waals surface area contributed by atoms with Gasteiger partial charge in [-0.1, -0.05) is 54.1 Å². The van der Waals surface area contributed by atoms with E-state index in [9.17, 15) is 9.90 Å². The molecule has 4 rings (SSSR count). The maximum Gasteiger partial charge on any atom is 0.275 e. The Bertz CT molecular complexity index is 1230. The third-order valence-corrected chi connectivity index (χ3v) is 4.87. The number of phenolic OH excluding ortho intramolecular Hbond substituents is 1. The van der Waals surface area contributed by atoms with E-state index < -0.39 is 5.91 Å². The van der Waals surface area contributed by atoms with Crippen molar-refractivity contribution in [3.63, 3.8) is 0 Å². The van der Waals surface area contributed by atoms with Crippen LogP contribution in [-0.4, -0.2) is 27.0 Å². The predicted octanol–water partition coefficient (Wildman–Crippen LogP) is 4.46. The Morgan fingerprint density at radius 1 is 1.10 bits per heavy atom. The fraction of sp³-hybridized carbons (Fsp3) is 0.0455. The molecule has 6 nitrogen and oxygen atoms in total. The van der Waals surface area contributed by atoms with Gasteiger partial charge in [-0.3, -0.25) is 4.79 Å². The zero-order valence-electron chi connectivity index (χ0n) is 15.5. The average Bonchev–Trinajstić information content (AvgIpc) is 3.02. The average molecular weight is 405 g/mol. The highest BCUT2D eigenvalue weighted by atomic mass is 35.5. The van der Waals surface area contributed by atoms with E-state index in [1.54, 1.807) is 16.8 Å². The molecule has 0 aliphatic carbocycles. The molecule has 0 aliphatic heterocycles. The normalized spacial score (nSPS) is 11.2. The Morgan fingerprint density at radius 2 is 1.76 bits per heavy atom. The minimum absolute atomic E-state index is 0.109. The van der Waals surface area contributed by atoms with Gasteiger partial charge in [-0.05, 0) is 42.0 Å². The van der Waals surface area contributed by atoms with Gasteiger partial charge in [0.1, 0.15) is 5.75 Å². The second-order valence-electron chi connectivity index (χ2n) is 6.45. The van der Waals surface area contributed by atoms with Crippen molar-refractivity contribution in [2.24, 2.45) is 5.10 Å². The van der Waals surface area contributed by atoms with Gasteiger partial charge in [0.2, 0.25) is 0 Å². The molecule has 0 unspecified atom stereocenters. The van der Waals surface area contributed by atoms with Crippen LogP contribution in [0.25, 0.3) is 16.5 Å². The number of amides is 1. The lowest BCUT2D eigenvalue weighted by atomic mass is 10.1. The molecule has 4 aromatic rings. The van der Waals surface area contributed by atoms with E-state index in [2.05, 4.69) is 15.6 Å². The van der Waals surface area contributed by atoms with Gasteiger partial charge >= 0.3 is 0 Å². The zero-order valence-corrected chi connectivity index (χ0v) is 16.3. The van der Waals surface area contributed by atoms with Gasteiger partial charge in [0.15, 0.2) is 5.15 Å². The molecule has 0 spiro atoms. The number of hydrazone groups is 1. The van der Waals surface area contributed by atoms with Crippen LogP contribution < -0.4 is 5.43 Å². The lowest BCUT2D eigenvalue weighted by Crippen LogP contribution is -2.17. The summed E-state index contributed by atoms with van der Waals surface area (Å²) in [5, 5.41) is 20.5. The number of phenols is 1. The van der Waals surface area contributed by atoms with E-state index in [0.717, 1.165) is 22.2 Å². The molecule has 2 N–H and O–H groups in total. The summed E-state index contributed by atoms with van der Waals surface area (Å²) in [6.45, 7) is 1.87. The number of nitrogens with one attached hydrogen (secondary N) is 1. The summed E-state index contributed by atoms with van der Waals surface area (Å²) in [5.41, 5.74) is 4.83. The summed E-state index contributed by atoms with van der Waals surface area (Å²) in [5.74, 6) is -0.628. The summed E-state index contributed by atoms with van der Waals surface area (Å²) in [4.78, 5) is 12.5. The summed E-state index contributed by atoms with van der Waals surface area (Å²) in [6, 6.07) is 20.2. The number of halogens is 1. The first-order chi connectivity index (χ1) is 14.0. The maximum atomic E-state index is 12.5. The first-order valence-corrected chi connectivity index (χ1v) is 9.28. The van der Waals surface area contributed by atoms with Crippen molar-refractivity contribution in [3.8, 4) is 11.4 Å². The van der Waals surface area contributed by atoms with Crippen LogP contribution in [0.4, 0.5) is 0 Å². The number of hydrogen-bond acceptors (Lipinski definition) is 4. The number of rotatable bonds is 4. The highest BCUT2D eigenvalue weighted by Crippen LogP contribution is 2.25. The van der Waals surface area contributed by atoms with E-state index in [1.807, 2.05) is 61.5 Å². The minimum atomic E-state index is -0.520. The highest BCUT2D eigenvalue weighted by molar-refractivity contribution is 6.32. The molecule has 1 aromatic heterocycles. The first kappa shape index (κ1) is 18.7. The van der Waals surface area contributed by atoms with Crippen molar-refractivity contribution in [2.75, 3.05) is 0 Å². The smallest absolute Gasteiger partial charge is 0.275 e. The molecule has 29 heavy (non-hydrogen) atoms. The fourth-order valence-electron chi connectivity index (χ4n) is 3.07. The molecule has 0 bridgehead atoms. The van der Waals surface area contributed by atoms with Gasteiger partial charge in [-0.15, -0.1) is 0 Å². The van der Waals surface area contributed by atoms with E-state index in [1.165, 1.54) is 6.21 Å². The third kappa shape index (κ3) is 3.70. The second kappa shape index (κ2) is 7.77. The van der Waals surface area contributed by atoms with Crippen LogP contribution in [0.2, 0.25) is 5.15 Å². The molecule has 7 heteroatoms. The molecule has 0 fully saturated rings. The maximum absolute atomic E-state index is 12.5. The molecule has 0 atom stereocenters.